The number of nitrogens with one attached hydrogen (secondary N) is 1. The maximum absolute atomic E-state index is 12.5. The van der Waals surface area contributed by atoms with E-state index in [0.717, 1.165) is 5.39 Å². The molecule has 0 atom stereocenters. The largest absolute Gasteiger partial charge is 0.356 e. The minimum atomic E-state index is -0.234. The van der Waals surface area contributed by atoms with E-state index in [0.29, 0.717) is 27.7 Å². The molecule has 0 unspecified atom stereocenters. The number of hydrogen-bond donors (Lipinski definition) is 1. The molecule has 1 amide bonds. The van der Waals surface area contributed by atoms with Gasteiger partial charge in [0.1, 0.15) is 24.0 Å². The minimum Gasteiger partial charge on any atom is -0.356 e. The number of hydrogen-bond acceptors (Lipinski definition) is 5. The van der Waals surface area contributed by atoms with Gasteiger partial charge in [0, 0.05) is 5.39 Å². The van der Waals surface area contributed by atoms with Crippen LogP contribution in [0.2, 0.25) is 5.02 Å². The molecule has 1 N–H and O–H groups in total. The van der Waals surface area contributed by atoms with Gasteiger partial charge in [0.05, 0.1) is 17.1 Å². The molecule has 2 aromatic carbocycles. The number of benzene rings is 2. The molecule has 2 heterocycles. The van der Waals surface area contributed by atoms with E-state index in [1.54, 1.807) is 18.2 Å². The predicted molar refractivity (Wildman–Crippen MR) is 92.7 cm³/mol. The number of rotatable bonds is 4. The fourth-order valence-electron chi connectivity index (χ4n) is 2.58. The van der Waals surface area contributed by atoms with Crippen molar-refractivity contribution in [2.75, 3.05) is 5.32 Å². The summed E-state index contributed by atoms with van der Waals surface area (Å²) in [6.45, 7) is 0. The molecule has 4 rings (SSSR count). The fourth-order valence-corrected chi connectivity index (χ4v) is 2.85. The Morgan fingerprint density at radius 1 is 1.20 bits per heavy atom. The zero-order valence-electron chi connectivity index (χ0n) is 12.9. The Morgan fingerprint density at radius 2 is 2.08 bits per heavy atom. The molecule has 124 valence electrons. The summed E-state index contributed by atoms with van der Waals surface area (Å²) >= 11 is 6.26. The maximum Gasteiger partial charge on any atom is 0.230 e. The monoisotopic (exact) mass is 353 g/mol. The van der Waals surface area contributed by atoms with Crippen LogP contribution in [-0.2, 0) is 11.2 Å². The van der Waals surface area contributed by atoms with Crippen LogP contribution in [0.4, 0.5) is 5.69 Å². The Balaban J connectivity index is 1.60. The number of aromatic nitrogens is 4. The lowest BCUT2D eigenvalue weighted by Crippen LogP contribution is -2.16. The van der Waals surface area contributed by atoms with E-state index in [-0.39, 0.29) is 12.3 Å². The van der Waals surface area contributed by atoms with Crippen LogP contribution in [-0.4, -0.2) is 25.8 Å². The highest BCUT2D eigenvalue weighted by Crippen LogP contribution is 2.28. The number of para-hydroxylation sites is 2. The van der Waals surface area contributed by atoms with Crippen LogP contribution >= 0.6 is 11.6 Å². The summed E-state index contributed by atoms with van der Waals surface area (Å²) < 4.78 is 6.73. The highest BCUT2D eigenvalue weighted by Gasteiger charge is 2.15. The van der Waals surface area contributed by atoms with Crippen LogP contribution in [0, 0.1) is 0 Å². The van der Waals surface area contributed by atoms with Crippen molar-refractivity contribution in [3.63, 3.8) is 0 Å². The molecule has 0 radical (unpaired) electrons. The Hall–Kier alpha value is -3.19. The van der Waals surface area contributed by atoms with Gasteiger partial charge in [0.15, 0.2) is 5.58 Å². The summed E-state index contributed by atoms with van der Waals surface area (Å²) in [5, 5.41) is 12.2. The molecule has 4 aromatic rings. The molecule has 0 bridgehead atoms. The highest BCUT2D eigenvalue weighted by molar-refractivity contribution is 6.33. The van der Waals surface area contributed by atoms with Crippen molar-refractivity contribution in [1.82, 2.24) is 19.9 Å². The molecule has 0 saturated heterocycles. The zero-order valence-corrected chi connectivity index (χ0v) is 13.6. The van der Waals surface area contributed by atoms with E-state index in [9.17, 15) is 4.79 Å². The Bertz CT molecular complexity index is 1040. The summed E-state index contributed by atoms with van der Waals surface area (Å²) in [4.78, 5) is 16.4. The first-order valence-electron chi connectivity index (χ1n) is 7.49. The van der Waals surface area contributed by atoms with Crippen LogP contribution < -0.4 is 5.32 Å². The second-order valence-electron chi connectivity index (χ2n) is 5.33. The molecule has 0 fully saturated rings. The Kier molecular flexibility index (Phi) is 3.91. The van der Waals surface area contributed by atoms with E-state index >= 15 is 0 Å². The molecule has 0 aliphatic heterocycles. The van der Waals surface area contributed by atoms with Gasteiger partial charge in [0.2, 0.25) is 5.91 Å². The van der Waals surface area contributed by atoms with Gasteiger partial charge in [-0.05, 0) is 24.3 Å². The van der Waals surface area contributed by atoms with Gasteiger partial charge in [-0.3, -0.25) is 4.79 Å². The maximum atomic E-state index is 12.5. The summed E-state index contributed by atoms with van der Waals surface area (Å²) in [5.74, 6) is -0.234. The van der Waals surface area contributed by atoms with E-state index in [2.05, 4.69) is 20.6 Å². The number of amides is 1. The lowest BCUT2D eigenvalue weighted by Gasteiger charge is -2.12. The van der Waals surface area contributed by atoms with Gasteiger partial charge >= 0.3 is 0 Å². The molecular formula is C17H12ClN5O2. The van der Waals surface area contributed by atoms with Crippen molar-refractivity contribution >= 4 is 34.2 Å². The van der Waals surface area contributed by atoms with Crippen LogP contribution in [0.5, 0.6) is 0 Å². The number of anilines is 1. The summed E-state index contributed by atoms with van der Waals surface area (Å²) in [6.07, 6.45) is 3.00. The van der Waals surface area contributed by atoms with Crippen LogP contribution in [0.25, 0.3) is 16.7 Å². The number of fused-ring (bicyclic) bond motifs is 1. The van der Waals surface area contributed by atoms with Crippen molar-refractivity contribution in [3.05, 3.63) is 65.8 Å². The molecule has 0 aliphatic rings. The predicted octanol–water partition coefficient (Wildman–Crippen LogP) is 3.24. The minimum absolute atomic E-state index is 0.0837. The molecular weight excluding hydrogens is 342 g/mol. The van der Waals surface area contributed by atoms with Crippen molar-refractivity contribution in [2.45, 2.75) is 6.42 Å². The average molecular weight is 354 g/mol. The second-order valence-corrected chi connectivity index (χ2v) is 5.73. The van der Waals surface area contributed by atoms with Gasteiger partial charge in [-0.2, -0.15) is 5.10 Å². The molecule has 0 aliphatic carbocycles. The zero-order chi connectivity index (χ0) is 17.2. The van der Waals surface area contributed by atoms with Crippen molar-refractivity contribution in [3.8, 4) is 5.69 Å². The van der Waals surface area contributed by atoms with Gasteiger partial charge in [-0.25, -0.2) is 9.67 Å². The summed E-state index contributed by atoms with van der Waals surface area (Å²) in [6, 6.07) is 12.6. The number of carbonyl (C=O) groups excluding carboxylic acids is 1. The third-order valence-corrected chi connectivity index (χ3v) is 3.99. The third-order valence-electron chi connectivity index (χ3n) is 3.69. The second kappa shape index (κ2) is 6.37. The summed E-state index contributed by atoms with van der Waals surface area (Å²) in [7, 11) is 0. The number of halogens is 1. The smallest absolute Gasteiger partial charge is 0.230 e. The number of nitrogens with zero attached hydrogens (tertiary/aromatic N) is 4. The Labute approximate surface area is 147 Å². The van der Waals surface area contributed by atoms with Crippen LogP contribution in [0.3, 0.4) is 0 Å². The molecule has 0 spiro atoms. The SMILES string of the molecule is O=C(Cc1noc2ccccc12)Nc1cccc(Cl)c1-n1cncn1. The molecule has 0 saturated carbocycles. The van der Waals surface area contributed by atoms with Crippen molar-refractivity contribution in [1.29, 1.82) is 0 Å². The van der Waals surface area contributed by atoms with Gasteiger partial charge in [-0.1, -0.05) is 35.0 Å². The highest BCUT2D eigenvalue weighted by atomic mass is 35.5. The van der Waals surface area contributed by atoms with Crippen molar-refractivity contribution < 1.29 is 9.32 Å². The quantitative estimate of drug-likeness (QED) is 0.608. The Morgan fingerprint density at radius 3 is 2.92 bits per heavy atom. The molecule has 8 heteroatoms. The topological polar surface area (TPSA) is 85.8 Å². The lowest BCUT2D eigenvalue weighted by molar-refractivity contribution is -0.115. The van der Waals surface area contributed by atoms with Crippen molar-refractivity contribution in [2.24, 2.45) is 0 Å². The fraction of sp³-hybridized carbons (Fsp3) is 0.0588. The first-order chi connectivity index (χ1) is 12.2. The van der Waals surface area contributed by atoms with Crippen LogP contribution in [0.1, 0.15) is 5.69 Å². The third kappa shape index (κ3) is 2.97. The first kappa shape index (κ1) is 15.3. The van der Waals surface area contributed by atoms with Gasteiger partial charge in [-0.15, -0.1) is 0 Å². The van der Waals surface area contributed by atoms with E-state index < -0.39 is 0 Å². The summed E-state index contributed by atoms with van der Waals surface area (Å²) in [5.41, 5.74) is 2.32. The van der Waals surface area contributed by atoms with E-state index in [1.807, 2.05) is 24.3 Å². The molecule has 25 heavy (non-hydrogen) atoms. The number of carbonyl (C=O) groups is 1. The first-order valence-corrected chi connectivity index (χ1v) is 7.87. The van der Waals surface area contributed by atoms with Crippen LogP contribution in [0.15, 0.2) is 59.6 Å². The van der Waals surface area contributed by atoms with Gasteiger partial charge in [0.25, 0.3) is 0 Å². The van der Waals surface area contributed by atoms with E-state index in [1.165, 1.54) is 17.3 Å². The van der Waals surface area contributed by atoms with Gasteiger partial charge < -0.3 is 9.84 Å². The standard InChI is InChI=1S/C17H12ClN5O2/c18-12-5-3-6-13(17(12)23-10-19-9-20-23)21-16(24)8-14-11-4-1-2-7-15(11)25-22-14/h1-7,9-10H,8H2,(H,21,24). The molecule has 7 nitrogen and oxygen atoms in total. The van der Waals surface area contributed by atoms with E-state index in [4.69, 9.17) is 16.1 Å². The lowest BCUT2D eigenvalue weighted by atomic mass is 10.1. The molecule has 2 aromatic heterocycles. The average Bonchev–Trinajstić information content (AvgIpc) is 3.26. The normalized spacial score (nSPS) is 10.9.